The van der Waals surface area contributed by atoms with Crippen LogP contribution in [0.25, 0.3) is 0 Å². The zero-order valence-electron chi connectivity index (χ0n) is 11.1. The summed E-state index contributed by atoms with van der Waals surface area (Å²) in [4.78, 5) is 0. The van der Waals surface area contributed by atoms with Crippen LogP contribution in [-0.2, 0) is 4.74 Å². The van der Waals surface area contributed by atoms with E-state index in [0.29, 0.717) is 23.7 Å². The van der Waals surface area contributed by atoms with Gasteiger partial charge in [0.15, 0.2) is 0 Å². The molecule has 2 heteroatoms. The predicted molar refractivity (Wildman–Crippen MR) is 67.6 cm³/mol. The van der Waals surface area contributed by atoms with Gasteiger partial charge in [-0.3, -0.25) is 0 Å². The smallest absolute Gasteiger partial charge is 0.0664 e. The van der Waals surface area contributed by atoms with Crippen molar-refractivity contribution in [1.82, 2.24) is 5.32 Å². The van der Waals surface area contributed by atoms with E-state index in [9.17, 15) is 0 Å². The summed E-state index contributed by atoms with van der Waals surface area (Å²) in [6.45, 7) is 4.47. The van der Waals surface area contributed by atoms with Crippen LogP contribution in [0.3, 0.4) is 0 Å². The molecule has 1 N–H and O–H groups in total. The number of rotatable bonds is 5. The van der Waals surface area contributed by atoms with E-state index in [4.69, 9.17) is 4.74 Å². The molecule has 2 rings (SSSR count). The first-order valence-corrected chi connectivity index (χ1v) is 7.05. The lowest BCUT2D eigenvalue weighted by molar-refractivity contribution is -0.156. The maximum atomic E-state index is 6.26. The van der Waals surface area contributed by atoms with Gasteiger partial charge in [-0.05, 0) is 39.7 Å². The second-order valence-corrected chi connectivity index (χ2v) is 5.74. The SMILES string of the molecule is CCCC(C)OC1CC(NC)C12CCCC2. The van der Waals surface area contributed by atoms with Gasteiger partial charge in [-0.25, -0.2) is 0 Å². The highest BCUT2D eigenvalue weighted by atomic mass is 16.5. The lowest BCUT2D eigenvalue weighted by atomic mass is 9.60. The van der Waals surface area contributed by atoms with E-state index in [1.807, 2.05) is 0 Å². The molecule has 0 aromatic heterocycles. The summed E-state index contributed by atoms with van der Waals surface area (Å²) in [7, 11) is 2.11. The zero-order chi connectivity index (χ0) is 11.6. The molecule has 0 heterocycles. The fourth-order valence-electron chi connectivity index (χ4n) is 3.80. The molecule has 16 heavy (non-hydrogen) atoms. The second kappa shape index (κ2) is 5.05. The minimum atomic E-state index is 0.449. The Morgan fingerprint density at radius 2 is 2.06 bits per heavy atom. The van der Waals surface area contributed by atoms with Crippen molar-refractivity contribution in [3.63, 3.8) is 0 Å². The average molecular weight is 225 g/mol. The van der Waals surface area contributed by atoms with E-state index in [0.717, 1.165) is 0 Å². The van der Waals surface area contributed by atoms with Gasteiger partial charge in [-0.15, -0.1) is 0 Å². The van der Waals surface area contributed by atoms with Crippen LogP contribution < -0.4 is 5.32 Å². The summed E-state index contributed by atoms with van der Waals surface area (Å²) < 4.78 is 6.26. The molecule has 2 nitrogen and oxygen atoms in total. The molecule has 0 bridgehead atoms. The van der Waals surface area contributed by atoms with Crippen molar-refractivity contribution in [3.8, 4) is 0 Å². The summed E-state index contributed by atoms with van der Waals surface area (Å²) in [6.07, 6.45) is 10.2. The minimum Gasteiger partial charge on any atom is -0.375 e. The maximum absolute atomic E-state index is 6.26. The van der Waals surface area contributed by atoms with Crippen molar-refractivity contribution in [2.45, 2.75) is 77.0 Å². The average Bonchev–Trinajstić information content (AvgIpc) is 2.75. The molecule has 0 amide bonds. The van der Waals surface area contributed by atoms with E-state index in [-0.39, 0.29) is 0 Å². The molecular weight excluding hydrogens is 198 g/mol. The van der Waals surface area contributed by atoms with Gasteiger partial charge in [0.05, 0.1) is 12.2 Å². The van der Waals surface area contributed by atoms with Gasteiger partial charge < -0.3 is 10.1 Å². The Morgan fingerprint density at radius 3 is 2.62 bits per heavy atom. The topological polar surface area (TPSA) is 21.3 Å². The Hall–Kier alpha value is -0.0800. The van der Waals surface area contributed by atoms with Crippen LogP contribution >= 0.6 is 0 Å². The molecule has 0 aromatic rings. The van der Waals surface area contributed by atoms with Crippen molar-refractivity contribution in [2.75, 3.05) is 7.05 Å². The third-order valence-corrected chi connectivity index (χ3v) is 4.76. The highest BCUT2D eigenvalue weighted by Crippen LogP contribution is 2.54. The van der Waals surface area contributed by atoms with Gasteiger partial charge in [0.2, 0.25) is 0 Å². The Morgan fingerprint density at radius 1 is 1.38 bits per heavy atom. The molecule has 2 aliphatic carbocycles. The van der Waals surface area contributed by atoms with E-state index < -0.39 is 0 Å². The Bertz CT molecular complexity index is 223. The third-order valence-electron chi connectivity index (χ3n) is 4.76. The van der Waals surface area contributed by atoms with E-state index in [1.54, 1.807) is 0 Å². The van der Waals surface area contributed by atoms with Gasteiger partial charge >= 0.3 is 0 Å². The highest BCUT2D eigenvalue weighted by Gasteiger charge is 2.56. The van der Waals surface area contributed by atoms with E-state index in [2.05, 4.69) is 26.2 Å². The largest absolute Gasteiger partial charge is 0.375 e. The van der Waals surface area contributed by atoms with Crippen LogP contribution in [0.1, 0.15) is 58.8 Å². The monoisotopic (exact) mass is 225 g/mol. The molecule has 3 atom stereocenters. The predicted octanol–water partition coefficient (Wildman–Crippen LogP) is 3.11. The number of ether oxygens (including phenoxy) is 1. The summed E-state index contributed by atoms with van der Waals surface area (Å²) in [5, 5.41) is 3.49. The molecule has 0 saturated heterocycles. The first-order valence-electron chi connectivity index (χ1n) is 7.05. The lowest BCUT2D eigenvalue weighted by Crippen LogP contribution is -2.62. The van der Waals surface area contributed by atoms with Crippen LogP contribution in [0.5, 0.6) is 0 Å². The lowest BCUT2D eigenvalue weighted by Gasteiger charge is -2.54. The summed E-state index contributed by atoms with van der Waals surface area (Å²) in [5.74, 6) is 0. The zero-order valence-corrected chi connectivity index (χ0v) is 11.1. The molecule has 0 aromatic carbocycles. The van der Waals surface area contributed by atoms with Gasteiger partial charge in [0.25, 0.3) is 0 Å². The van der Waals surface area contributed by atoms with Gasteiger partial charge in [0.1, 0.15) is 0 Å². The summed E-state index contributed by atoms with van der Waals surface area (Å²) in [6, 6.07) is 0.717. The van der Waals surface area contributed by atoms with Crippen LogP contribution in [0.15, 0.2) is 0 Å². The molecule has 94 valence electrons. The summed E-state index contributed by atoms with van der Waals surface area (Å²) >= 11 is 0. The van der Waals surface area contributed by atoms with Gasteiger partial charge in [0, 0.05) is 11.5 Å². The highest BCUT2D eigenvalue weighted by molar-refractivity contribution is 5.09. The summed E-state index contributed by atoms with van der Waals surface area (Å²) in [5.41, 5.74) is 0.497. The third kappa shape index (κ3) is 2.02. The van der Waals surface area contributed by atoms with Crippen molar-refractivity contribution in [1.29, 1.82) is 0 Å². The van der Waals surface area contributed by atoms with Crippen LogP contribution in [0.4, 0.5) is 0 Å². The minimum absolute atomic E-state index is 0.449. The molecule has 2 saturated carbocycles. The number of hydrogen-bond donors (Lipinski definition) is 1. The van der Waals surface area contributed by atoms with Gasteiger partial charge in [-0.1, -0.05) is 26.2 Å². The Labute approximate surface area is 100 Å². The Kier molecular flexibility index (Phi) is 3.91. The first-order chi connectivity index (χ1) is 7.73. The maximum Gasteiger partial charge on any atom is 0.0664 e. The molecule has 0 radical (unpaired) electrons. The molecule has 3 unspecified atom stereocenters. The standard InChI is InChI=1S/C14H27NO/c1-4-7-11(2)16-13-10-12(15-3)14(13)8-5-6-9-14/h11-13,15H,4-10H2,1-3H3. The number of nitrogens with one attached hydrogen (secondary N) is 1. The molecule has 0 aliphatic heterocycles. The second-order valence-electron chi connectivity index (χ2n) is 5.74. The first kappa shape index (κ1) is 12.4. The van der Waals surface area contributed by atoms with Crippen molar-refractivity contribution < 1.29 is 4.74 Å². The van der Waals surface area contributed by atoms with Crippen molar-refractivity contribution in [3.05, 3.63) is 0 Å². The number of hydrogen-bond acceptors (Lipinski definition) is 2. The van der Waals surface area contributed by atoms with E-state index >= 15 is 0 Å². The van der Waals surface area contributed by atoms with E-state index in [1.165, 1.54) is 44.9 Å². The quantitative estimate of drug-likeness (QED) is 0.776. The Balaban J connectivity index is 1.91. The van der Waals surface area contributed by atoms with Crippen LogP contribution in [0.2, 0.25) is 0 Å². The molecular formula is C14H27NO. The molecule has 2 aliphatic rings. The van der Waals surface area contributed by atoms with Crippen molar-refractivity contribution in [2.24, 2.45) is 5.41 Å². The molecule has 2 fully saturated rings. The van der Waals surface area contributed by atoms with Crippen LogP contribution in [0, 0.1) is 5.41 Å². The fraction of sp³-hybridized carbons (Fsp3) is 1.00. The normalized spacial score (nSPS) is 33.9. The molecule has 1 spiro atoms. The van der Waals surface area contributed by atoms with Crippen molar-refractivity contribution >= 4 is 0 Å². The van der Waals surface area contributed by atoms with Crippen LogP contribution in [-0.4, -0.2) is 25.3 Å². The fourth-order valence-corrected chi connectivity index (χ4v) is 3.80. The van der Waals surface area contributed by atoms with Gasteiger partial charge in [-0.2, -0.15) is 0 Å².